The minimum absolute atomic E-state index is 0.182. The molecule has 5 nitrogen and oxygen atoms in total. The lowest BCUT2D eigenvalue weighted by atomic mass is 9.93. The molecule has 1 fully saturated rings. The van der Waals surface area contributed by atoms with Gasteiger partial charge in [0.25, 0.3) is 5.91 Å². The Hall–Kier alpha value is -1.01. The number of fused-ring (bicyclic) bond motifs is 1. The average Bonchev–Trinajstić information content (AvgIpc) is 2.90. The molecular weight excluding hydrogens is 284 g/mol. The number of nitrogens with zero attached hydrogens (tertiary/aromatic N) is 4. The maximum atomic E-state index is 12.7. The zero-order valence-corrected chi connectivity index (χ0v) is 13.7. The summed E-state index contributed by atoms with van der Waals surface area (Å²) in [6, 6.07) is 0. The third-order valence-electron chi connectivity index (χ3n) is 4.33. The predicted molar refractivity (Wildman–Crippen MR) is 85.8 cm³/mol. The second-order valence-electron chi connectivity index (χ2n) is 6.25. The summed E-state index contributed by atoms with van der Waals surface area (Å²) in [5.74, 6) is 2.92. The van der Waals surface area contributed by atoms with Gasteiger partial charge in [-0.25, -0.2) is 0 Å². The number of amides is 1. The Morgan fingerprint density at radius 2 is 2.14 bits per heavy atom. The van der Waals surface area contributed by atoms with Crippen molar-refractivity contribution in [2.75, 3.05) is 45.2 Å². The summed E-state index contributed by atoms with van der Waals surface area (Å²) in [6.07, 6.45) is 3.92. The van der Waals surface area contributed by atoms with Gasteiger partial charge >= 0.3 is 0 Å². The minimum Gasteiger partial charge on any atom is -0.337 e. The molecule has 1 unspecified atom stereocenters. The van der Waals surface area contributed by atoms with Crippen LogP contribution in [0.3, 0.4) is 0 Å². The highest BCUT2D eigenvalue weighted by Gasteiger charge is 2.28. The van der Waals surface area contributed by atoms with Crippen molar-refractivity contribution in [2.24, 2.45) is 5.92 Å². The van der Waals surface area contributed by atoms with Crippen molar-refractivity contribution in [1.82, 2.24) is 19.6 Å². The molecule has 1 aromatic rings. The topological polar surface area (TPSA) is 41.4 Å². The van der Waals surface area contributed by atoms with E-state index in [-0.39, 0.29) is 5.91 Å². The number of hydrogen-bond donors (Lipinski definition) is 0. The second kappa shape index (κ2) is 6.40. The van der Waals surface area contributed by atoms with E-state index < -0.39 is 0 Å². The molecule has 1 aromatic heterocycles. The van der Waals surface area contributed by atoms with Crippen molar-refractivity contribution in [3.05, 3.63) is 17.5 Å². The molecule has 21 heavy (non-hydrogen) atoms. The maximum Gasteiger partial charge on any atom is 0.257 e. The fourth-order valence-corrected chi connectivity index (χ4v) is 4.19. The number of thioether (sulfide) groups is 1. The number of carbonyl (C=O) groups is 1. The molecular formula is C15H24N4OS. The van der Waals surface area contributed by atoms with Gasteiger partial charge in [0.2, 0.25) is 0 Å². The van der Waals surface area contributed by atoms with E-state index in [9.17, 15) is 4.79 Å². The van der Waals surface area contributed by atoms with Crippen LogP contribution < -0.4 is 0 Å². The van der Waals surface area contributed by atoms with Crippen LogP contribution in [-0.2, 0) is 13.0 Å². The van der Waals surface area contributed by atoms with Gasteiger partial charge in [0.1, 0.15) is 0 Å². The lowest BCUT2D eigenvalue weighted by molar-refractivity contribution is 0.0770. The highest BCUT2D eigenvalue weighted by molar-refractivity contribution is 7.99. The van der Waals surface area contributed by atoms with Crippen LogP contribution in [0.4, 0.5) is 0 Å². The van der Waals surface area contributed by atoms with Crippen molar-refractivity contribution in [3.63, 3.8) is 0 Å². The predicted octanol–water partition coefficient (Wildman–Crippen LogP) is 1.20. The summed E-state index contributed by atoms with van der Waals surface area (Å²) < 4.78 is 2.04. The van der Waals surface area contributed by atoms with Crippen LogP contribution in [0.15, 0.2) is 6.20 Å². The summed E-state index contributed by atoms with van der Waals surface area (Å²) >= 11 is 1.93. The van der Waals surface area contributed by atoms with E-state index >= 15 is 0 Å². The number of carbonyl (C=O) groups excluding carboxylic acids is 1. The Balaban J connectivity index is 1.76. The second-order valence-corrected chi connectivity index (χ2v) is 7.48. The van der Waals surface area contributed by atoms with E-state index in [1.807, 2.05) is 21.3 Å². The van der Waals surface area contributed by atoms with Crippen LogP contribution >= 0.6 is 11.8 Å². The third kappa shape index (κ3) is 3.26. The zero-order chi connectivity index (χ0) is 14.8. The van der Waals surface area contributed by atoms with E-state index in [1.165, 1.54) is 0 Å². The summed E-state index contributed by atoms with van der Waals surface area (Å²) in [5, 5.41) is 4.44. The first kappa shape index (κ1) is 14.9. The van der Waals surface area contributed by atoms with E-state index in [2.05, 4.69) is 24.1 Å². The lowest BCUT2D eigenvalue weighted by Gasteiger charge is -2.29. The Morgan fingerprint density at radius 3 is 2.86 bits per heavy atom. The molecule has 0 bridgehead atoms. The fourth-order valence-electron chi connectivity index (χ4n) is 3.29. The molecule has 0 N–H and O–H groups in total. The summed E-state index contributed by atoms with van der Waals surface area (Å²) in [5.41, 5.74) is 1.99. The third-order valence-corrected chi connectivity index (χ3v) is 5.27. The first-order chi connectivity index (χ1) is 10.1. The Bertz CT molecular complexity index is 508. The summed E-state index contributed by atoms with van der Waals surface area (Å²) in [6.45, 7) is 3.76. The Labute approximate surface area is 130 Å². The quantitative estimate of drug-likeness (QED) is 0.841. The number of aromatic nitrogens is 2. The molecule has 1 atom stereocenters. The van der Waals surface area contributed by atoms with Gasteiger partial charge < -0.3 is 9.80 Å². The Morgan fingerprint density at radius 1 is 1.38 bits per heavy atom. The van der Waals surface area contributed by atoms with Crippen molar-refractivity contribution < 1.29 is 4.79 Å². The maximum absolute atomic E-state index is 12.7. The molecule has 2 aliphatic heterocycles. The van der Waals surface area contributed by atoms with Crippen LogP contribution in [0.1, 0.15) is 22.5 Å². The summed E-state index contributed by atoms with van der Waals surface area (Å²) in [7, 11) is 4.23. The normalized spacial score (nSPS) is 22.4. The zero-order valence-electron chi connectivity index (χ0n) is 12.9. The van der Waals surface area contributed by atoms with Crippen molar-refractivity contribution in [2.45, 2.75) is 19.4 Å². The first-order valence-electron chi connectivity index (χ1n) is 7.71. The molecule has 1 amide bonds. The van der Waals surface area contributed by atoms with Gasteiger partial charge in [0.15, 0.2) is 0 Å². The van der Waals surface area contributed by atoms with E-state index in [0.29, 0.717) is 5.92 Å². The van der Waals surface area contributed by atoms with Crippen LogP contribution in [0.25, 0.3) is 0 Å². The van der Waals surface area contributed by atoms with Gasteiger partial charge in [0, 0.05) is 37.7 Å². The molecule has 0 radical (unpaired) electrons. The highest BCUT2D eigenvalue weighted by Crippen LogP contribution is 2.25. The monoisotopic (exact) mass is 308 g/mol. The fraction of sp³-hybridized carbons (Fsp3) is 0.733. The molecule has 3 rings (SSSR count). The molecule has 3 heterocycles. The number of hydrogen-bond acceptors (Lipinski definition) is 4. The Kier molecular flexibility index (Phi) is 4.54. The van der Waals surface area contributed by atoms with E-state index in [1.54, 1.807) is 6.20 Å². The molecule has 6 heteroatoms. The van der Waals surface area contributed by atoms with Crippen LogP contribution in [-0.4, -0.2) is 70.7 Å². The molecule has 1 saturated heterocycles. The SMILES string of the molecule is CN(C)CC1CCn2ncc(C(=O)N3CCSCC3)c2C1. The van der Waals surface area contributed by atoms with Crippen molar-refractivity contribution >= 4 is 17.7 Å². The summed E-state index contributed by atoms with van der Waals surface area (Å²) in [4.78, 5) is 16.9. The van der Waals surface area contributed by atoms with Gasteiger partial charge in [0.05, 0.1) is 17.5 Å². The van der Waals surface area contributed by atoms with Gasteiger partial charge in [-0.1, -0.05) is 0 Å². The van der Waals surface area contributed by atoms with Gasteiger partial charge in [-0.2, -0.15) is 16.9 Å². The molecule has 2 aliphatic rings. The van der Waals surface area contributed by atoms with Crippen molar-refractivity contribution in [1.29, 1.82) is 0 Å². The van der Waals surface area contributed by atoms with Gasteiger partial charge in [-0.3, -0.25) is 9.48 Å². The van der Waals surface area contributed by atoms with Gasteiger partial charge in [-0.15, -0.1) is 0 Å². The molecule has 116 valence electrons. The largest absolute Gasteiger partial charge is 0.337 e. The van der Waals surface area contributed by atoms with Crippen LogP contribution in [0.5, 0.6) is 0 Å². The average molecular weight is 308 g/mol. The standard InChI is InChI=1S/C15H24N4OS/c1-17(2)11-12-3-4-19-14(9-12)13(10-16-19)15(20)18-5-7-21-8-6-18/h10,12H,3-9,11H2,1-2H3. The smallest absolute Gasteiger partial charge is 0.257 e. The van der Waals surface area contributed by atoms with Crippen LogP contribution in [0, 0.1) is 5.92 Å². The van der Waals surface area contributed by atoms with Crippen LogP contribution in [0.2, 0.25) is 0 Å². The molecule has 0 saturated carbocycles. The lowest BCUT2D eigenvalue weighted by Crippen LogP contribution is -2.38. The minimum atomic E-state index is 0.182. The molecule has 0 aliphatic carbocycles. The van der Waals surface area contributed by atoms with Crippen molar-refractivity contribution in [3.8, 4) is 0 Å². The highest BCUT2D eigenvalue weighted by atomic mass is 32.2. The van der Waals surface area contributed by atoms with Gasteiger partial charge in [-0.05, 0) is 32.9 Å². The van der Waals surface area contributed by atoms with E-state index in [4.69, 9.17) is 0 Å². The van der Waals surface area contributed by atoms with E-state index in [0.717, 1.165) is 61.8 Å². The molecule has 0 spiro atoms. The molecule has 0 aromatic carbocycles. The number of rotatable bonds is 3. The number of aryl methyl sites for hydroxylation is 1. The first-order valence-corrected chi connectivity index (χ1v) is 8.87.